The first-order chi connectivity index (χ1) is 15.5. The maximum atomic E-state index is 13.5. The minimum atomic E-state index is -0.578. The van der Waals surface area contributed by atoms with Gasteiger partial charge in [0.2, 0.25) is 11.7 Å². The number of halogens is 1. The highest BCUT2D eigenvalue weighted by molar-refractivity contribution is 5.80. The quantitative estimate of drug-likeness (QED) is 0.549. The van der Waals surface area contributed by atoms with E-state index >= 15 is 0 Å². The highest BCUT2D eigenvalue weighted by Gasteiger charge is 2.31. The van der Waals surface area contributed by atoms with Gasteiger partial charge in [0, 0.05) is 18.7 Å². The van der Waals surface area contributed by atoms with Gasteiger partial charge in [0.05, 0.1) is 19.6 Å². The molecule has 2 atom stereocenters. The number of hydrogen-bond donors (Lipinski definition) is 0. The zero-order valence-electron chi connectivity index (χ0n) is 18.2. The van der Waals surface area contributed by atoms with Crippen LogP contribution < -0.4 is 4.74 Å². The summed E-state index contributed by atoms with van der Waals surface area (Å²) in [6.45, 7) is 3.23. The molecular formula is C24H26FN3O4. The zero-order valence-corrected chi connectivity index (χ0v) is 18.2. The summed E-state index contributed by atoms with van der Waals surface area (Å²) in [5.41, 5.74) is 1.50. The van der Waals surface area contributed by atoms with Crippen LogP contribution in [0.15, 0.2) is 53.1 Å². The van der Waals surface area contributed by atoms with Crippen LogP contribution in [-0.4, -0.2) is 47.3 Å². The highest BCUT2D eigenvalue weighted by atomic mass is 19.1. The van der Waals surface area contributed by atoms with Gasteiger partial charge in [-0.2, -0.15) is 4.98 Å². The summed E-state index contributed by atoms with van der Waals surface area (Å²) in [7, 11) is 1.61. The highest BCUT2D eigenvalue weighted by Crippen LogP contribution is 2.28. The van der Waals surface area contributed by atoms with E-state index < -0.39 is 6.10 Å². The van der Waals surface area contributed by atoms with Gasteiger partial charge in [-0.25, -0.2) is 4.39 Å². The second-order valence-corrected chi connectivity index (χ2v) is 7.89. The number of amides is 1. The molecule has 0 radical (unpaired) electrons. The van der Waals surface area contributed by atoms with E-state index in [4.69, 9.17) is 14.0 Å². The Labute approximate surface area is 186 Å². The topological polar surface area (TPSA) is 77.7 Å². The van der Waals surface area contributed by atoms with E-state index in [0.717, 1.165) is 24.2 Å². The largest absolute Gasteiger partial charge is 0.497 e. The number of nitrogens with zero attached hydrogens (tertiary/aromatic N) is 3. The van der Waals surface area contributed by atoms with Gasteiger partial charge in [-0.15, -0.1) is 0 Å². The van der Waals surface area contributed by atoms with Crippen LogP contribution >= 0.6 is 0 Å². The molecule has 0 saturated carbocycles. The summed E-state index contributed by atoms with van der Waals surface area (Å²) in [4.78, 5) is 19.2. The summed E-state index contributed by atoms with van der Waals surface area (Å²) in [6, 6.07) is 13.6. The second kappa shape index (κ2) is 9.91. The van der Waals surface area contributed by atoms with Crippen LogP contribution in [-0.2, 0) is 16.1 Å². The van der Waals surface area contributed by atoms with Crippen molar-refractivity contribution in [2.24, 2.45) is 0 Å². The van der Waals surface area contributed by atoms with E-state index in [1.54, 1.807) is 31.1 Å². The number of benzene rings is 2. The van der Waals surface area contributed by atoms with Crippen molar-refractivity contribution in [3.63, 3.8) is 0 Å². The number of aromatic nitrogens is 2. The van der Waals surface area contributed by atoms with Crippen LogP contribution in [0.2, 0.25) is 0 Å². The smallest absolute Gasteiger partial charge is 0.251 e. The van der Waals surface area contributed by atoms with Crippen molar-refractivity contribution >= 4 is 5.91 Å². The van der Waals surface area contributed by atoms with E-state index in [2.05, 4.69) is 10.1 Å². The van der Waals surface area contributed by atoms with E-state index in [1.807, 2.05) is 24.3 Å². The van der Waals surface area contributed by atoms with E-state index in [0.29, 0.717) is 37.0 Å². The fourth-order valence-corrected chi connectivity index (χ4v) is 3.84. The molecule has 168 valence electrons. The number of carbonyl (C=O) groups is 1. The Balaban J connectivity index is 1.36. The maximum Gasteiger partial charge on any atom is 0.251 e. The molecular weight excluding hydrogens is 413 g/mol. The standard InChI is InChI=1S/C24H26FN3O4/c1-16(31-15-17-6-3-10-21(12-17)30-2)24(29)28-11-5-8-19(14-28)23-26-22(27-32-23)18-7-4-9-20(25)13-18/h3-4,6-7,9-10,12-13,16,19H,5,8,11,14-15H2,1-2H3. The predicted molar refractivity (Wildman–Crippen MR) is 115 cm³/mol. The lowest BCUT2D eigenvalue weighted by Gasteiger charge is -2.32. The van der Waals surface area contributed by atoms with Crippen LogP contribution in [0.5, 0.6) is 5.75 Å². The summed E-state index contributed by atoms with van der Waals surface area (Å²) in [5.74, 6) is 1.08. The van der Waals surface area contributed by atoms with Gasteiger partial charge in [-0.1, -0.05) is 29.4 Å². The van der Waals surface area contributed by atoms with Crippen LogP contribution in [0.3, 0.4) is 0 Å². The molecule has 3 aromatic rings. The number of ether oxygens (including phenoxy) is 2. The molecule has 32 heavy (non-hydrogen) atoms. The van der Waals surface area contributed by atoms with Crippen molar-refractivity contribution in [1.29, 1.82) is 0 Å². The molecule has 0 spiro atoms. The van der Waals surface area contributed by atoms with E-state index in [-0.39, 0.29) is 17.6 Å². The van der Waals surface area contributed by atoms with Crippen LogP contribution in [0, 0.1) is 5.82 Å². The molecule has 7 nitrogen and oxygen atoms in total. The van der Waals surface area contributed by atoms with Crippen molar-refractivity contribution in [3.8, 4) is 17.1 Å². The molecule has 4 rings (SSSR count). The molecule has 8 heteroatoms. The van der Waals surface area contributed by atoms with E-state index in [1.165, 1.54) is 12.1 Å². The maximum absolute atomic E-state index is 13.5. The van der Waals surface area contributed by atoms with Gasteiger partial charge >= 0.3 is 0 Å². The lowest BCUT2D eigenvalue weighted by atomic mass is 9.97. The molecule has 1 saturated heterocycles. The lowest BCUT2D eigenvalue weighted by molar-refractivity contribution is -0.144. The van der Waals surface area contributed by atoms with Gasteiger partial charge in [0.15, 0.2) is 0 Å². The second-order valence-electron chi connectivity index (χ2n) is 7.89. The first-order valence-electron chi connectivity index (χ1n) is 10.7. The molecule has 0 aliphatic carbocycles. The van der Waals surface area contributed by atoms with Crippen molar-refractivity contribution < 1.29 is 23.2 Å². The van der Waals surface area contributed by atoms with Crippen LogP contribution in [0.1, 0.15) is 37.1 Å². The SMILES string of the molecule is COc1cccc(COC(C)C(=O)N2CCCC(c3nc(-c4cccc(F)c4)no3)C2)c1. The monoisotopic (exact) mass is 439 g/mol. The third kappa shape index (κ3) is 5.13. The first kappa shape index (κ1) is 22.0. The Hall–Kier alpha value is -3.26. The Morgan fingerprint density at radius 1 is 1.28 bits per heavy atom. The van der Waals surface area contributed by atoms with Crippen molar-refractivity contribution in [2.75, 3.05) is 20.2 Å². The number of methoxy groups -OCH3 is 1. The molecule has 1 aliphatic rings. The predicted octanol–water partition coefficient (Wildman–Crippen LogP) is 4.20. The van der Waals surface area contributed by atoms with Crippen LogP contribution in [0.4, 0.5) is 4.39 Å². The molecule has 1 aliphatic heterocycles. The summed E-state index contributed by atoms with van der Waals surface area (Å²) < 4.78 is 30.0. The number of likely N-dealkylation sites (tertiary alicyclic amines) is 1. The first-order valence-corrected chi connectivity index (χ1v) is 10.7. The Morgan fingerprint density at radius 2 is 2.12 bits per heavy atom. The fraction of sp³-hybridized carbons (Fsp3) is 0.375. The minimum Gasteiger partial charge on any atom is -0.497 e. The molecule has 1 fully saturated rings. The molecule has 0 N–H and O–H groups in total. The Morgan fingerprint density at radius 3 is 2.94 bits per heavy atom. The van der Waals surface area contributed by atoms with Crippen molar-refractivity contribution in [1.82, 2.24) is 15.0 Å². The summed E-state index contributed by atoms with van der Waals surface area (Å²) in [6.07, 6.45) is 1.09. The van der Waals surface area contributed by atoms with Crippen LogP contribution in [0.25, 0.3) is 11.4 Å². The molecule has 2 heterocycles. The lowest BCUT2D eigenvalue weighted by Crippen LogP contribution is -2.44. The number of piperidine rings is 1. The molecule has 0 bridgehead atoms. The average Bonchev–Trinajstić information content (AvgIpc) is 3.33. The summed E-state index contributed by atoms with van der Waals surface area (Å²) >= 11 is 0. The van der Waals surface area contributed by atoms with Gasteiger partial charge < -0.3 is 18.9 Å². The number of hydrogen-bond acceptors (Lipinski definition) is 6. The number of rotatable bonds is 7. The third-order valence-corrected chi connectivity index (χ3v) is 5.59. The van der Waals surface area contributed by atoms with Crippen molar-refractivity contribution in [3.05, 3.63) is 65.8 Å². The average molecular weight is 439 g/mol. The third-order valence-electron chi connectivity index (χ3n) is 5.59. The molecule has 2 aromatic carbocycles. The molecule has 1 aromatic heterocycles. The van der Waals surface area contributed by atoms with Gasteiger partial charge in [0.25, 0.3) is 5.91 Å². The number of carbonyl (C=O) groups excluding carboxylic acids is 1. The van der Waals surface area contributed by atoms with Gasteiger partial charge in [-0.05, 0) is 49.6 Å². The Bertz CT molecular complexity index is 1070. The van der Waals surface area contributed by atoms with Gasteiger partial charge in [-0.3, -0.25) is 4.79 Å². The minimum absolute atomic E-state index is 0.0620. The summed E-state index contributed by atoms with van der Waals surface area (Å²) in [5, 5.41) is 3.99. The van der Waals surface area contributed by atoms with Crippen molar-refractivity contribution in [2.45, 2.75) is 38.4 Å². The van der Waals surface area contributed by atoms with Gasteiger partial charge in [0.1, 0.15) is 17.7 Å². The normalized spacial score (nSPS) is 17.2. The Kier molecular flexibility index (Phi) is 6.80. The van der Waals surface area contributed by atoms with E-state index in [9.17, 15) is 9.18 Å². The molecule has 1 amide bonds. The fourth-order valence-electron chi connectivity index (χ4n) is 3.84. The zero-order chi connectivity index (χ0) is 22.5. The molecule has 2 unspecified atom stereocenters.